The molecule has 1 aliphatic carbocycles. The molecule has 0 spiro atoms. The predicted molar refractivity (Wildman–Crippen MR) is 65.9 cm³/mol. The molecule has 2 aliphatic rings. The third-order valence-corrected chi connectivity index (χ3v) is 4.30. The number of carbonyl (C=O) groups is 1. The van der Waals surface area contributed by atoms with Gasteiger partial charge in [0.15, 0.2) is 0 Å². The molecule has 1 unspecified atom stereocenters. The van der Waals surface area contributed by atoms with Crippen molar-refractivity contribution in [3.05, 3.63) is 0 Å². The SMILES string of the molecule is CC(C)N1CC(CC(=O)NC2(C(F)(F)F)CC2)C(F)(F)C1. The van der Waals surface area contributed by atoms with E-state index < -0.39 is 42.4 Å². The van der Waals surface area contributed by atoms with Crippen LogP contribution in [0.15, 0.2) is 0 Å². The first-order valence-corrected chi connectivity index (χ1v) is 6.96. The van der Waals surface area contributed by atoms with Gasteiger partial charge in [0.05, 0.1) is 6.54 Å². The van der Waals surface area contributed by atoms with E-state index in [0.29, 0.717) is 0 Å². The number of halogens is 5. The Bertz CT molecular complexity index is 417. The van der Waals surface area contributed by atoms with Gasteiger partial charge in [-0.05, 0) is 26.7 Å². The number of nitrogens with one attached hydrogen (secondary N) is 1. The fraction of sp³-hybridized carbons (Fsp3) is 0.923. The maximum Gasteiger partial charge on any atom is 0.411 e. The monoisotopic (exact) mass is 314 g/mol. The summed E-state index contributed by atoms with van der Waals surface area (Å²) >= 11 is 0. The van der Waals surface area contributed by atoms with Crippen molar-refractivity contribution in [3.63, 3.8) is 0 Å². The van der Waals surface area contributed by atoms with Crippen LogP contribution >= 0.6 is 0 Å². The quantitative estimate of drug-likeness (QED) is 0.809. The van der Waals surface area contributed by atoms with Crippen LogP contribution in [-0.4, -0.2) is 47.6 Å². The van der Waals surface area contributed by atoms with E-state index in [1.807, 2.05) is 5.32 Å². The second-order valence-electron chi connectivity index (χ2n) is 6.31. The summed E-state index contributed by atoms with van der Waals surface area (Å²) < 4.78 is 65.8. The summed E-state index contributed by atoms with van der Waals surface area (Å²) in [5.41, 5.74) is -2.18. The Balaban J connectivity index is 1.94. The van der Waals surface area contributed by atoms with E-state index in [1.54, 1.807) is 13.8 Å². The van der Waals surface area contributed by atoms with E-state index >= 15 is 0 Å². The summed E-state index contributed by atoms with van der Waals surface area (Å²) in [5.74, 6) is -5.22. The summed E-state index contributed by atoms with van der Waals surface area (Å²) in [4.78, 5) is 13.2. The fourth-order valence-electron chi connectivity index (χ4n) is 2.63. The number of hydrogen-bond donors (Lipinski definition) is 1. The van der Waals surface area contributed by atoms with Crippen LogP contribution in [0, 0.1) is 5.92 Å². The minimum Gasteiger partial charge on any atom is -0.342 e. The second-order valence-corrected chi connectivity index (χ2v) is 6.31. The van der Waals surface area contributed by atoms with E-state index in [9.17, 15) is 26.7 Å². The molecule has 2 fully saturated rings. The lowest BCUT2D eigenvalue weighted by Gasteiger charge is -2.23. The Hall–Kier alpha value is -0.920. The lowest BCUT2D eigenvalue weighted by atomic mass is 10.0. The third-order valence-electron chi connectivity index (χ3n) is 4.30. The van der Waals surface area contributed by atoms with Crippen LogP contribution in [0.5, 0.6) is 0 Å². The molecule has 1 saturated heterocycles. The molecule has 2 rings (SSSR count). The Labute approximate surface area is 119 Å². The number of alkyl halides is 5. The van der Waals surface area contributed by atoms with Crippen molar-refractivity contribution < 1.29 is 26.7 Å². The third kappa shape index (κ3) is 3.30. The van der Waals surface area contributed by atoms with Crippen LogP contribution in [0.3, 0.4) is 0 Å². The summed E-state index contributed by atoms with van der Waals surface area (Å²) in [6.45, 7) is 3.10. The smallest absolute Gasteiger partial charge is 0.342 e. The van der Waals surface area contributed by atoms with E-state index in [-0.39, 0.29) is 25.4 Å². The molecule has 21 heavy (non-hydrogen) atoms. The zero-order valence-electron chi connectivity index (χ0n) is 11.9. The summed E-state index contributed by atoms with van der Waals surface area (Å²) in [6, 6.07) is -0.0890. The number of hydrogen-bond acceptors (Lipinski definition) is 2. The van der Waals surface area contributed by atoms with E-state index in [1.165, 1.54) is 4.90 Å². The molecule has 3 nitrogen and oxygen atoms in total. The van der Waals surface area contributed by atoms with Gasteiger partial charge >= 0.3 is 6.18 Å². The van der Waals surface area contributed by atoms with Gasteiger partial charge in [-0.15, -0.1) is 0 Å². The number of nitrogens with zero attached hydrogens (tertiary/aromatic N) is 1. The van der Waals surface area contributed by atoms with Crippen molar-refractivity contribution in [1.29, 1.82) is 0 Å². The minimum absolute atomic E-state index is 0.0249. The Morgan fingerprint density at radius 2 is 1.90 bits per heavy atom. The highest BCUT2D eigenvalue weighted by atomic mass is 19.4. The topological polar surface area (TPSA) is 32.3 Å². The normalized spacial score (nSPS) is 27.9. The summed E-state index contributed by atoms with van der Waals surface area (Å²) in [7, 11) is 0. The van der Waals surface area contributed by atoms with E-state index in [0.717, 1.165) is 0 Å². The lowest BCUT2D eigenvalue weighted by molar-refractivity contribution is -0.171. The highest BCUT2D eigenvalue weighted by Gasteiger charge is 2.64. The minimum atomic E-state index is -4.52. The van der Waals surface area contributed by atoms with Gasteiger partial charge in [-0.1, -0.05) is 0 Å². The molecule has 0 bridgehead atoms. The number of carbonyl (C=O) groups excluding carboxylic acids is 1. The van der Waals surface area contributed by atoms with Crippen molar-refractivity contribution in [2.75, 3.05) is 13.1 Å². The van der Waals surface area contributed by atoms with Gasteiger partial charge in [0.1, 0.15) is 5.54 Å². The number of rotatable bonds is 4. The predicted octanol–water partition coefficient (Wildman–Crippen LogP) is 2.56. The van der Waals surface area contributed by atoms with E-state index in [4.69, 9.17) is 0 Å². The first-order valence-electron chi connectivity index (χ1n) is 6.96. The lowest BCUT2D eigenvalue weighted by Crippen LogP contribution is -2.48. The van der Waals surface area contributed by atoms with Crippen LogP contribution in [0.25, 0.3) is 0 Å². The van der Waals surface area contributed by atoms with Gasteiger partial charge in [0.2, 0.25) is 5.91 Å². The van der Waals surface area contributed by atoms with Gasteiger partial charge in [-0.25, -0.2) is 8.78 Å². The molecular weight excluding hydrogens is 295 g/mol. The molecule has 1 saturated carbocycles. The largest absolute Gasteiger partial charge is 0.411 e. The molecule has 122 valence electrons. The van der Waals surface area contributed by atoms with Crippen molar-refractivity contribution in [2.45, 2.75) is 56.8 Å². The molecule has 1 heterocycles. The molecule has 0 aromatic carbocycles. The summed E-state index contributed by atoms with van der Waals surface area (Å²) in [6.07, 6.45) is -5.46. The molecule has 0 aromatic heterocycles. The van der Waals surface area contributed by atoms with Gasteiger partial charge in [0, 0.05) is 24.9 Å². The van der Waals surface area contributed by atoms with Crippen LogP contribution < -0.4 is 5.32 Å². The molecule has 1 aliphatic heterocycles. The average Bonchev–Trinajstić information content (AvgIpc) is 3.00. The highest BCUT2D eigenvalue weighted by molar-refractivity contribution is 5.78. The molecular formula is C13H19F5N2O. The van der Waals surface area contributed by atoms with Crippen molar-refractivity contribution in [2.24, 2.45) is 5.92 Å². The number of amides is 1. The van der Waals surface area contributed by atoms with Crippen molar-refractivity contribution in [1.82, 2.24) is 10.2 Å². The Kier molecular flexibility index (Phi) is 3.97. The first kappa shape index (κ1) is 16.5. The molecule has 1 atom stereocenters. The summed E-state index contributed by atoms with van der Waals surface area (Å²) in [5, 5.41) is 1.90. The zero-order valence-corrected chi connectivity index (χ0v) is 11.9. The van der Waals surface area contributed by atoms with Gasteiger partial charge in [0.25, 0.3) is 5.92 Å². The molecule has 0 radical (unpaired) electrons. The second kappa shape index (κ2) is 5.07. The van der Waals surface area contributed by atoms with Crippen LogP contribution in [0.1, 0.15) is 33.1 Å². The van der Waals surface area contributed by atoms with Crippen molar-refractivity contribution in [3.8, 4) is 0 Å². The molecule has 8 heteroatoms. The van der Waals surface area contributed by atoms with Crippen molar-refractivity contribution >= 4 is 5.91 Å². The van der Waals surface area contributed by atoms with Crippen LogP contribution in [0.2, 0.25) is 0 Å². The van der Waals surface area contributed by atoms with Gasteiger partial charge in [-0.3, -0.25) is 9.69 Å². The highest BCUT2D eigenvalue weighted by Crippen LogP contribution is 2.49. The van der Waals surface area contributed by atoms with E-state index in [2.05, 4.69) is 0 Å². The zero-order chi connectivity index (χ0) is 16.1. The maximum atomic E-state index is 13.8. The van der Waals surface area contributed by atoms with Gasteiger partial charge in [-0.2, -0.15) is 13.2 Å². The fourth-order valence-corrected chi connectivity index (χ4v) is 2.63. The molecule has 0 aromatic rings. The standard InChI is InChI=1S/C13H19F5N2O/c1-8(2)20-6-9(12(14,15)7-20)5-10(21)19-11(3-4-11)13(16,17)18/h8-9H,3-7H2,1-2H3,(H,19,21). The Morgan fingerprint density at radius 3 is 2.29 bits per heavy atom. The van der Waals surface area contributed by atoms with Crippen LogP contribution in [0.4, 0.5) is 22.0 Å². The maximum absolute atomic E-state index is 13.8. The molecule has 1 N–H and O–H groups in total. The first-order chi connectivity index (χ1) is 9.47. The van der Waals surface area contributed by atoms with Gasteiger partial charge < -0.3 is 5.32 Å². The number of likely N-dealkylation sites (tertiary alicyclic amines) is 1. The average molecular weight is 314 g/mol. The Morgan fingerprint density at radius 1 is 1.33 bits per heavy atom. The molecule has 1 amide bonds. The van der Waals surface area contributed by atoms with Crippen LogP contribution in [-0.2, 0) is 4.79 Å².